The number of unbranched alkanes of at least 4 members (excludes halogenated alkanes) is 22. The third kappa shape index (κ3) is 34.1. The molecule has 318 valence electrons. The minimum Gasteiger partial charge on any atom is -0.449 e. The first-order valence-electron chi connectivity index (χ1n) is 23.0. The lowest BCUT2D eigenvalue weighted by atomic mass is 9.97. The Bertz CT molecular complexity index is 730. The summed E-state index contributed by atoms with van der Waals surface area (Å²) in [6.45, 7) is 17.2. The van der Waals surface area contributed by atoms with E-state index in [1.807, 2.05) is 0 Å². The highest BCUT2D eigenvalue weighted by atomic mass is 16.6. The molecule has 0 rings (SSSR count). The van der Waals surface area contributed by atoms with Crippen LogP contribution < -0.4 is 5.32 Å². The number of methoxy groups -OCH3 is 1. The van der Waals surface area contributed by atoms with Gasteiger partial charge in [-0.2, -0.15) is 0 Å². The summed E-state index contributed by atoms with van der Waals surface area (Å²) >= 11 is 0. The Morgan fingerprint density at radius 3 is 1.26 bits per heavy atom. The first-order chi connectivity index (χ1) is 25.8. The van der Waals surface area contributed by atoms with Crippen molar-refractivity contribution in [2.45, 2.75) is 233 Å². The van der Waals surface area contributed by atoms with E-state index in [1.165, 1.54) is 141 Å². The van der Waals surface area contributed by atoms with Gasteiger partial charge in [-0.15, -0.1) is 0 Å². The molecule has 0 saturated heterocycles. The summed E-state index contributed by atoms with van der Waals surface area (Å²) < 4.78 is 29.7. The number of nitrogens with one attached hydrogen (secondary N) is 1. The van der Waals surface area contributed by atoms with Crippen molar-refractivity contribution in [2.24, 2.45) is 5.92 Å². The van der Waals surface area contributed by atoms with E-state index in [0.717, 1.165) is 45.3 Å². The second-order valence-electron chi connectivity index (χ2n) is 16.5. The molecular weight excluding hydrogens is 663 g/mol. The van der Waals surface area contributed by atoms with Crippen LogP contribution in [0.2, 0.25) is 0 Å². The molecule has 0 bridgehead atoms. The molecular formula is C46H93NO6. The molecule has 1 N–H and O–H groups in total. The average molecular weight is 756 g/mol. The van der Waals surface area contributed by atoms with Crippen molar-refractivity contribution in [1.82, 2.24) is 5.32 Å². The quantitative estimate of drug-likeness (QED) is 0.0625. The Hall–Kier alpha value is -0.890. The number of ether oxygens (including phenoxy) is 5. The van der Waals surface area contributed by atoms with Crippen LogP contribution >= 0.6 is 0 Å². The molecule has 2 atom stereocenters. The Labute approximate surface area is 330 Å². The van der Waals surface area contributed by atoms with Crippen LogP contribution in [0.4, 0.5) is 4.79 Å². The second kappa shape index (κ2) is 38.0. The van der Waals surface area contributed by atoms with E-state index in [0.29, 0.717) is 39.4 Å². The van der Waals surface area contributed by atoms with Crippen molar-refractivity contribution >= 4 is 6.09 Å². The van der Waals surface area contributed by atoms with E-state index in [-0.39, 0.29) is 23.2 Å². The monoisotopic (exact) mass is 756 g/mol. The van der Waals surface area contributed by atoms with E-state index in [4.69, 9.17) is 23.7 Å². The maximum absolute atomic E-state index is 12.7. The molecule has 2 unspecified atom stereocenters. The third-order valence-electron chi connectivity index (χ3n) is 11.5. The normalized spacial score (nSPS) is 14.0. The molecule has 0 aliphatic rings. The summed E-state index contributed by atoms with van der Waals surface area (Å²) in [6.07, 6.45) is 35.0. The molecule has 0 aromatic carbocycles. The van der Waals surface area contributed by atoms with Crippen molar-refractivity contribution in [2.75, 3.05) is 53.3 Å². The molecule has 0 aliphatic heterocycles. The molecule has 0 aromatic heterocycles. The molecule has 0 saturated carbocycles. The number of rotatable bonds is 42. The van der Waals surface area contributed by atoms with E-state index < -0.39 is 0 Å². The van der Waals surface area contributed by atoms with Crippen molar-refractivity contribution in [3.8, 4) is 0 Å². The zero-order valence-corrected chi connectivity index (χ0v) is 36.8. The van der Waals surface area contributed by atoms with Gasteiger partial charge in [-0.25, -0.2) is 4.79 Å². The van der Waals surface area contributed by atoms with Gasteiger partial charge in [-0.05, 0) is 46.0 Å². The van der Waals surface area contributed by atoms with Gasteiger partial charge in [-0.1, -0.05) is 169 Å². The largest absolute Gasteiger partial charge is 0.449 e. The van der Waals surface area contributed by atoms with Crippen LogP contribution in [-0.4, -0.2) is 70.6 Å². The number of carbonyl (C=O) groups excluding carboxylic acids is 1. The van der Waals surface area contributed by atoms with Gasteiger partial charge in [-0.3, -0.25) is 0 Å². The van der Waals surface area contributed by atoms with Crippen molar-refractivity contribution < 1.29 is 28.5 Å². The van der Waals surface area contributed by atoms with Crippen molar-refractivity contribution in [3.05, 3.63) is 0 Å². The summed E-state index contributed by atoms with van der Waals surface area (Å²) in [6, 6.07) is 0. The summed E-state index contributed by atoms with van der Waals surface area (Å²) in [5, 5.41) is 2.99. The third-order valence-corrected chi connectivity index (χ3v) is 11.5. The smallest absolute Gasteiger partial charge is 0.407 e. The van der Waals surface area contributed by atoms with Crippen LogP contribution in [-0.2, 0) is 23.7 Å². The van der Waals surface area contributed by atoms with Gasteiger partial charge in [0.2, 0.25) is 0 Å². The molecule has 1 amide bonds. The standard InChI is InChI=1S/C46H93NO6/c1-8-12-14-16-18-20-22-24-26-28-30-32-36-50-41-43(42-51-37-33-31-29-27-25-23-21-19-17-15-13-9-2)40-47-44(48)52-38-34-46(6,11-4)53-39-35-45(5,10-3)49-7/h43H,8-42H2,1-7H3,(H,47,48). The molecule has 7 heteroatoms. The Balaban J connectivity index is 4.40. The maximum Gasteiger partial charge on any atom is 0.407 e. The molecule has 0 radical (unpaired) electrons. The number of hydrogen-bond acceptors (Lipinski definition) is 6. The Morgan fingerprint density at radius 2 is 0.887 bits per heavy atom. The van der Waals surface area contributed by atoms with Gasteiger partial charge in [0, 0.05) is 39.2 Å². The van der Waals surface area contributed by atoms with Gasteiger partial charge in [0.1, 0.15) is 0 Å². The second-order valence-corrected chi connectivity index (χ2v) is 16.5. The predicted molar refractivity (Wildman–Crippen MR) is 226 cm³/mol. The van der Waals surface area contributed by atoms with Crippen LogP contribution in [0.1, 0.15) is 221 Å². The number of hydrogen-bond donors (Lipinski definition) is 1. The molecule has 0 aliphatic carbocycles. The Kier molecular flexibility index (Phi) is 37.4. The van der Waals surface area contributed by atoms with Crippen LogP contribution in [0.15, 0.2) is 0 Å². The molecule has 0 fully saturated rings. The SMILES string of the molecule is CCCCCCCCCCCCCCOCC(CNC(=O)OCCC(C)(CC)OCCC(C)(CC)OC)COCCCCCCCCCCCCCC. The van der Waals surface area contributed by atoms with Crippen LogP contribution in [0.3, 0.4) is 0 Å². The molecule has 0 spiro atoms. The minimum absolute atomic E-state index is 0.107. The summed E-state index contributed by atoms with van der Waals surface area (Å²) in [7, 11) is 1.76. The van der Waals surface area contributed by atoms with Crippen molar-refractivity contribution in [1.29, 1.82) is 0 Å². The highest BCUT2D eigenvalue weighted by Crippen LogP contribution is 2.24. The number of carbonyl (C=O) groups is 1. The zero-order chi connectivity index (χ0) is 39.1. The molecule has 53 heavy (non-hydrogen) atoms. The van der Waals surface area contributed by atoms with Crippen LogP contribution in [0.5, 0.6) is 0 Å². The first kappa shape index (κ1) is 52.1. The average Bonchev–Trinajstić information content (AvgIpc) is 3.16. The lowest BCUT2D eigenvalue weighted by molar-refractivity contribution is -0.0825. The summed E-state index contributed by atoms with van der Waals surface area (Å²) in [5.74, 6) is 0.107. The summed E-state index contributed by atoms with van der Waals surface area (Å²) in [5.41, 5.74) is -0.511. The van der Waals surface area contributed by atoms with E-state index >= 15 is 0 Å². The lowest BCUT2D eigenvalue weighted by Gasteiger charge is -2.32. The lowest BCUT2D eigenvalue weighted by Crippen LogP contribution is -2.36. The predicted octanol–water partition coefficient (Wildman–Crippen LogP) is 13.5. The molecule has 0 aromatic rings. The highest BCUT2D eigenvalue weighted by molar-refractivity contribution is 5.67. The highest BCUT2D eigenvalue weighted by Gasteiger charge is 2.27. The topological polar surface area (TPSA) is 75.3 Å². The van der Waals surface area contributed by atoms with Gasteiger partial charge < -0.3 is 29.0 Å². The van der Waals surface area contributed by atoms with Crippen molar-refractivity contribution in [3.63, 3.8) is 0 Å². The fourth-order valence-corrected chi connectivity index (χ4v) is 6.68. The molecule has 0 heterocycles. The Morgan fingerprint density at radius 1 is 0.509 bits per heavy atom. The number of alkyl carbamates (subject to hydrolysis) is 1. The first-order valence-corrected chi connectivity index (χ1v) is 23.0. The van der Waals surface area contributed by atoms with Gasteiger partial charge in [0.05, 0.1) is 37.6 Å². The van der Waals surface area contributed by atoms with Gasteiger partial charge in [0.25, 0.3) is 0 Å². The van der Waals surface area contributed by atoms with E-state index in [1.54, 1.807) is 7.11 Å². The van der Waals surface area contributed by atoms with Crippen LogP contribution in [0.25, 0.3) is 0 Å². The molecule has 7 nitrogen and oxygen atoms in total. The fourth-order valence-electron chi connectivity index (χ4n) is 6.68. The van der Waals surface area contributed by atoms with E-state index in [9.17, 15) is 4.79 Å². The maximum atomic E-state index is 12.7. The summed E-state index contributed by atoms with van der Waals surface area (Å²) in [4.78, 5) is 12.7. The fraction of sp³-hybridized carbons (Fsp3) is 0.978. The minimum atomic E-state index is -0.381. The van der Waals surface area contributed by atoms with Gasteiger partial charge in [0.15, 0.2) is 0 Å². The number of amides is 1. The zero-order valence-electron chi connectivity index (χ0n) is 36.8. The van der Waals surface area contributed by atoms with Gasteiger partial charge >= 0.3 is 6.09 Å². The van der Waals surface area contributed by atoms with Crippen LogP contribution in [0, 0.1) is 5.92 Å². The van der Waals surface area contributed by atoms with E-state index in [2.05, 4.69) is 46.9 Å².